The number of nitrogens with zero attached hydrogens (tertiary/aromatic N) is 1. The fraction of sp³-hybridized carbons (Fsp3) is 0.296. The van der Waals surface area contributed by atoms with Crippen LogP contribution in [0.3, 0.4) is 0 Å². The average Bonchev–Trinajstić information content (AvgIpc) is 2.76. The maximum atomic E-state index is 13.1. The second-order valence-electron chi connectivity index (χ2n) is 8.43. The number of hydrogen-bond acceptors (Lipinski definition) is 3. The van der Waals surface area contributed by atoms with Gasteiger partial charge < -0.3 is 4.74 Å². The van der Waals surface area contributed by atoms with E-state index >= 15 is 0 Å². The molecule has 4 rings (SSSR count). The van der Waals surface area contributed by atoms with Gasteiger partial charge in [0.2, 0.25) is 0 Å². The van der Waals surface area contributed by atoms with Gasteiger partial charge in [0.1, 0.15) is 5.75 Å². The molecule has 0 spiro atoms. The Hall–Kier alpha value is -3.27. The molecule has 1 aromatic heterocycles. The summed E-state index contributed by atoms with van der Waals surface area (Å²) in [5.74, 6) is 0.869. The van der Waals surface area contributed by atoms with E-state index in [-0.39, 0.29) is 17.5 Å². The van der Waals surface area contributed by atoms with Crippen molar-refractivity contribution in [3.05, 3.63) is 94.3 Å². The zero-order valence-corrected chi connectivity index (χ0v) is 18.4. The monoisotopic (exact) mass is 414 g/mol. The quantitative estimate of drug-likeness (QED) is 0.440. The van der Waals surface area contributed by atoms with Crippen LogP contribution in [0.25, 0.3) is 0 Å². The summed E-state index contributed by atoms with van der Waals surface area (Å²) in [7, 11) is 1.64. The molecular weight excluding hydrogens is 386 g/mol. The first-order chi connectivity index (χ1) is 14.9. The lowest BCUT2D eigenvalue weighted by atomic mass is 9.79. The van der Waals surface area contributed by atoms with Gasteiger partial charge in [0, 0.05) is 23.1 Å². The van der Waals surface area contributed by atoms with Crippen molar-refractivity contribution in [2.45, 2.75) is 39.7 Å². The maximum absolute atomic E-state index is 13.1. The van der Waals surface area contributed by atoms with Crippen LogP contribution in [0.15, 0.2) is 60.9 Å². The zero-order valence-electron chi connectivity index (χ0n) is 18.4. The number of pyridine rings is 1. The van der Waals surface area contributed by atoms with E-state index in [1.165, 1.54) is 11.1 Å². The number of methoxy groups -OCH3 is 1. The van der Waals surface area contributed by atoms with Crippen molar-refractivity contribution in [3.63, 3.8) is 0 Å². The lowest BCUT2D eigenvalue weighted by Crippen LogP contribution is -2.35. The van der Waals surface area contributed by atoms with Crippen LogP contribution in [0.5, 0.6) is 5.75 Å². The van der Waals surface area contributed by atoms with Crippen molar-refractivity contribution in [2.24, 2.45) is 5.92 Å². The molecule has 0 saturated heterocycles. The van der Waals surface area contributed by atoms with E-state index < -0.39 is 0 Å². The first-order valence-corrected chi connectivity index (χ1v) is 10.7. The Morgan fingerprint density at radius 3 is 2.74 bits per heavy atom. The summed E-state index contributed by atoms with van der Waals surface area (Å²) >= 11 is 0. The lowest BCUT2D eigenvalue weighted by Gasteiger charge is -2.24. The summed E-state index contributed by atoms with van der Waals surface area (Å²) in [5, 5.41) is 0. The Labute approximate surface area is 183 Å². The Kier molecular flexibility index (Phi) is 5.99. The minimum atomic E-state index is -0.105. The molecule has 3 aromatic rings. The van der Waals surface area contributed by atoms with Crippen molar-refractivity contribution in [2.75, 3.05) is 7.11 Å². The number of ether oxygens (including phenoxy) is 1. The minimum absolute atomic E-state index is 0.0296. The van der Waals surface area contributed by atoms with Crippen molar-refractivity contribution in [1.29, 1.82) is 0 Å². The normalized spacial score (nSPS) is 15.5. The third-order valence-electron chi connectivity index (χ3n) is 6.11. The molecule has 0 saturated carbocycles. The van der Waals surface area contributed by atoms with E-state index in [2.05, 4.69) is 25.1 Å². The number of aromatic nitrogens is 1. The third-order valence-corrected chi connectivity index (χ3v) is 6.11. The second-order valence-corrected chi connectivity index (χ2v) is 8.43. The molecular formula is C27H28NO3+. The number of fused-ring (bicyclic) bond motifs is 1. The predicted octanol–water partition coefficient (Wildman–Crippen LogP) is 4.53. The van der Waals surface area contributed by atoms with E-state index in [1.807, 2.05) is 47.3 Å². The van der Waals surface area contributed by atoms with E-state index in [0.29, 0.717) is 18.5 Å². The van der Waals surface area contributed by atoms with Crippen LogP contribution < -0.4 is 9.30 Å². The summed E-state index contributed by atoms with van der Waals surface area (Å²) < 4.78 is 7.33. The molecule has 0 aliphatic heterocycles. The van der Waals surface area contributed by atoms with Crippen LogP contribution in [0.2, 0.25) is 0 Å². The molecule has 158 valence electrons. The van der Waals surface area contributed by atoms with Crippen LogP contribution in [-0.4, -0.2) is 18.7 Å². The van der Waals surface area contributed by atoms with Crippen LogP contribution in [0.4, 0.5) is 0 Å². The first kappa shape index (κ1) is 21.0. The van der Waals surface area contributed by atoms with Crippen molar-refractivity contribution >= 4 is 11.6 Å². The molecule has 0 N–H and O–H groups in total. The second kappa shape index (κ2) is 8.84. The molecule has 0 fully saturated rings. The predicted molar refractivity (Wildman–Crippen MR) is 120 cm³/mol. The highest BCUT2D eigenvalue weighted by Gasteiger charge is 2.29. The molecule has 0 bridgehead atoms. The van der Waals surface area contributed by atoms with Gasteiger partial charge >= 0.3 is 0 Å². The van der Waals surface area contributed by atoms with Crippen LogP contribution >= 0.6 is 0 Å². The summed E-state index contributed by atoms with van der Waals surface area (Å²) in [6.45, 7) is 4.38. The number of carbonyl (C=O) groups excluding carboxylic acids is 2. The van der Waals surface area contributed by atoms with Gasteiger partial charge in [0.05, 0.1) is 12.7 Å². The third kappa shape index (κ3) is 4.58. The standard InChI is InChI=1S/C27H28NO3/c1-18-5-4-6-20(13-18)16-28-12-11-22(26(17-28)19(2)29)14-23-8-7-21-15-24(31-3)9-10-25(21)27(23)30/h4-6,9-13,15,17,23H,7-8,14,16H2,1-3H3/q+1. The molecule has 31 heavy (non-hydrogen) atoms. The Morgan fingerprint density at radius 2 is 2.00 bits per heavy atom. The molecule has 0 radical (unpaired) electrons. The van der Waals surface area contributed by atoms with Crippen molar-refractivity contribution in [1.82, 2.24) is 0 Å². The van der Waals surface area contributed by atoms with Crippen molar-refractivity contribution < 1.29 is 18.9 Å². The van der Waals surface area contributed by atoms with Gasteiger partial charge in [-0.05, 0) is 68.5 Å². The smallest absolute Gasteiger partial charge is 0.180 e. The molecule has 1 heterocycles. The zero-order chi connectivity index (χ0) is 22.0. The van der Waals surface area contributed by atoms with Gasteiger partial charge in [-0.3, -0.25) is 9.59 Å². The highest BCUT2D eigenvalue weighted by Crippen LogP contribution is 2.31. The summed E-state index contributed by atoms with van der Waals surface area (Å²) in [4.78, 5) is 25.5. The minimum Gasteiger partial charge on any atom is -0.497 e. The summed E-state index contributed by atoms with van der Waals surface area (Å²) in [6.07, 6.45) is 6.15. The van der Waals surface area contributed by atoms with Gasteiger partial charge in [-0.15, -0.1) is 0 Å². The van der Waals surface area contributed by atoms with Gasteiger partial charge in [0.25, 0.3) is 0 Å². The van der Waals surface area contributed by atoms with E-state index in [9.17, 15) is 9.59 Å². The lowest BCUT2D eigenvalue weighted by molar-refractivity contribution is -0.688. The molecule has 1 aliphatic carbocycles. The average molecular weight is 415 g/mol. The number of aryl methyl sites for hydroxylation is 2. The Morgan fingerprint density at radius 1 is 1.16 bits per heavy atom. The first-order valence-electron chi connectivity index (χ1n) is 10.7. The molecule has 4 nitrogen and oxygen atoms in total. The SMILES string of the molecule is COc1ccc2c(c1)CCC(Cc1cc[n+](Cc3cccc(C)c3)cc1C(C)=O)C2=O. The largest absolute Gasteiger partial charge is 0.497 e. The highest BCUT2D eigenvalue weighted by atomic mass is 16.5. The van der Waals surface area contributed by atoms with E-state index in [4.69, 9.17) is 4.74 Å². The summed E-state index contributed by atoms with van der Waals surface area (Å²) in [5.41, 5.74) is 5.90. The van der Waals surface area contributed by atoms with Crippen molar-refractivity contribution in [3.8, 4) is 5.75 Å². The Balaban J connectivity index is 1.56. The van der Waals surface area contributed by atoms with Gasteiger partial charge in [-0.1, -0.05) is 23.8 Å². The molecule has 4 heteroatoms. The summed E-state index contributed by atoms with van der Waals surface area (Å²) in [6, 6.07) is 16.0. The fourth-order valence-corrected chi connectivity index (χ4v) is 4.47. The van der Waals surface area contributed by atoms with Crippen LogP contribution in [0, 0.1) is 12.8 Å². The van der Waals surface area contributed by atoms with E-state index in [0.717, 1.165) is 35.3 Å². The Bertz CT molecular complexity index is 1150. The maximum Gasteiger partial charge on any atom is 0.180 e. The number of hydrogen-bond donors (Lipinski definition) is 0. The fourth-order valence-electron chi connectivity index (χ4n) is 4.47. The molecule has 2 aromatic carbocycles. The molecule has 0 amide bonds. The van der Waals surface area contributed by atoms with Crippen LogP contribution in [0.1, 0.15) is 56.3 Å². The topological polar surface area (TPSA) is 47.2 Å². The number of ketones is 2. The molecule has 1 unspecified atom stereocenters. The number of Topliss-reactive ketones (excluding diaryl/α,β-unsaturated/α-hetero) is 2. The van der Waals surface area contributed by atoms with Gasteiger partial charge in [-0.25, -0.2) is 4.57 Å². The molecule has 1 aliphatic rings. The highest BCUT2D eigenvalue weighted by molar-refractivity contribution is 6.01. The van der Waals surface area contributed by atoms with E-state index in [1.54, 1.807) is 14.0 Å². The van der Waals surface area contributed by atoms with Crippen LogP contribution in [-0.2, 0) is 19.4 Å². The van der Waals surface area contributed by atoms with Gasteiger partial charge in [-0.2, -0.15) is 0 Å². The molecule has 1 atom stereocenters. The number of carbonyl (C=O) groups is 2. The number of benzene rings is 2. The number of rotatable bonds is 6. The van der Waals surface area contributed by atoms with Gasteiger partial charge in [0.15, 0.2) is 30.5 Å².